The van der Waals surface area contributed by atoms with Crippen LogP contribution in [0.15, 0.2) is 55.6 Å². The highest BCUT2D eigenvalue weighted by Crippen LogP contribution is 2.60. The summed E-state index contributed by atoms with van der Waals surface area (Å²) in [5.74, 6) is -2.94. The highest BCUT2D eigenvalue weighted by Gasteiger charge is 2.76. The number of nitrogens with one attached hydrogen (secondary N) is 1. The second-order valence-electron chi connectivity index (χ2n) is 12.7. The second-order valence-corrected chi connectivity index (χ2v) is 13.9. The molecule has 3 fully saturated rings. The average Bonchev–Trinajstić information content (AvgIpc) is 3.63. The van der Waals surface area contributed by atoms with Gasteiger partial charge in [0.25, 0.3) is 0 Å². The Morgan fingerprint density at radius 1 is 1.17 bits per heavy atom. The van der Waals surface area contributed by atoms with Gasteiger partial charge in [0.1, 0.15) is 18.2 Å². The van der Waals surface area contributed by atoms with Crippen LogP contribution in [0.4, 0.5) is 0 Å². The van der Waals surface area contributed by atoms with Crippen LogP contribution < -0.4 is 5.32 Å². The number of hydrogen-bond acceptors (Lipinski definition) is 7. The van der Waals surface area contributed by atoms with Gasteiger partial charge in [-0.1, -0.05) is 71.3 Å². The van der Waals surface area contributed by atoms with E-state index >= 15 is 0 Å². The van der Waals surface area contributed by atoms with E-state index in [0.717, 1.165) is 18.4 Å². The molecule has 46 heavy (non-hydrogen) atoms. The van der Waals surface area contributed by atoms with Gasteiger partial charge >= 0.3 is 5.97 Å². The van der Waals surface area contributed by atoms with Crippen molar-refractivity contribution in [2.24, 2.45) is 11.8 Å². The first-order chi connectivity index (χ1) is 22.1. The number of hydrogen-bond donors (Lipinski definition) is 2. The Morgan fingerprint density at radius 3 is 2.54 bits per heavy atom. The molecule has 0 radical (unpaired) electrons. The number of alkyl halides is 1. The fourth-order valence-electron chi connectivity index (χ4n) is 7.19. The number of rotatable bonds is 18. The third kappa shape index (κ3) is 7.42. The molecule has 3 aliphatic rings. The van der Waals surface area contributed by atoms with Crippen molar-refractivity contribution in [1.82, 2.24) is 15.1 Å². The van der Waals surface area contributed by atoms with Crippen molar-refractivity contribution >= 4 is 39.6 Å². The van der Waals surface area contributed by atoms with Crippen LogP contribution in [0.25, 0.3) is 0 Å². The molecule has 252 valence electrons. The normalized spacial score (nSPS) is 26.9. The number of amides is 3. The Balaban J connectivity index is 1.64. The van der Waals surface area contributed by atoms with Crippen molar-refractivity contribution in [2.45, 2.75) is 93.5 Å². The first-order valence-electron chi connectivity index (χ1n) is 16.4. The van der Waals surface area contributed by atoms with Gasteiger partial charge in [-0.05, 0) is 45.1 Å². The first kappa shape index (κ1) is 35.8. The zero-order valence-electron chi connectivity index (χ0n) is 26.9. The Kier molecular flexibility index (Phi) is 12.6. The maximum atomic E-state index is 14.4. The van der Waals surface area contributed by atoms with Crippen LogP contribution in [-0.4, -0.2) is 93.5 Å². The lowest BCUT2D eigenvalue weighted by Gasteiger charge is -2.38. The van der Waals surface area contributed by atoms with Crippen LogP contribution in [0.5, 0.6) is 0 Å². The molecule has 1 spiro atoms. The zero-order valence-corrected chi connectivity index (χ0v) is 28.5. The van der Waals surface area contributed by atoms with Crippen LogP contribution in [0.1, 0.15) is 70.4 Å². The molecule has 1 unspecified atom stereocenters. The number of halogens is 1. The summed E-state index contributed by atoms with van der Waals surface area (Å²) in [7, 11) is 0. The summed E-state index contributed by atoms with van der Waals surface area (Å²) in [5.41, 5.74) is -0.415. The van der Waals surface area contributed by atoms with E-state index in [4.69, 9.17) is 9.47 Å². The number of aliphatic hydroxyl groups is 1. The minimum absolute atomic E-state index is 0.0720. The molecule has 0 aromatic heterocycles. The van der Waals surface area contributed by atoms with Gasteiger partial charge in [0.15, 0.2) is 0 Å². The van der Waals surface area contributed by atoms with E-state index in [9.17, 15) is 24.3 Å². The molecule has 7 atom stereocenters. The fraction of sp³-hybridized carbons (Fsp3) is 0.600. The van der Waals surface area contributed by atoms with Crippen molar-refractivity contribution in [3.05, 3.63) is 61.2 Å². The predicted molar refractivity (Wildman–Crippen MR) is 178 cm³/mol. The van der Waals surface area contributed by atoms with E-state index in [1.54, 1.807) is 22.0 Å². The SMILES string of the molecule is C=CCCC(=O)OC[C@H](NC(=O)[C@@H]1[C@H]2O[C@@]3(CC2Br)[C@H](C(=O)N(CC=C)C(C)C)N(CCCCCCO)C(=O)[C@@H]13)c1ccccc1. The van der Waals surface area contributed by atoms with Crippen LogP contribution >= 0.6 is 15.9 Å². The number of ether oxygens (including phenoxy) is 2. The minimum atomic E-state index is -1.17. The number of nitrogens with zero attached hydrogens (tertiary/aromatic N) is 2. The molecule has 4 rings (SSSR count). The van der Waals surface area contributed by atoms with Gasteiger partial charge in [-0.25, -0.2) is 0 Å². The molecule has 2 bridgehead atoms. The molecule has 3 aliphatic heterocycles. The first-order valence-corrected chi connectivity index (χ1v) is 17.3. The van der Waals surface area contributed by atoms with E-state index in [1.165, 1.54) is 0 Å². The molecule has 10 nitrogen and oxygen atoms in total. The minimum Gasteiger partial charge on any atom is -0.463 e. The maximum Gasteiger partial charge on any atom is 0.306 e. The predicted octanol–water partition coefficient (Wildman–Crippen LogP) is 4.08. The molecule has 1 aromatic rings. The third-order valence-corrected chi connectivity index (χ3v) is 10.2. The highest BCUT2D eigenvalue weighted by molar-refractivity contribution is 9.09. The summed E-state index contributed by atoms with van der Waals surface area (Å²) in [6.45, 7) is 12.0. The van der Waals surface area contributed by atoms with E-state index in [0.29, 0.717) is 38.8 Å². The molecule has 3 saturated heterocycles. The number of carbonyl (C=O) groups is 4. The standard InChI is InChI=1S/C35H48BrN3O7/c1-5-7-17-27(41)45-22-26(24-15-11-10-12-16-24)37-32(42)28-29-33(43)39(19-13-8-9-14-20-40)31(34(44)38(18-6-2)23(3)4)35(29)21-25(36)30(28)46-35/h5-6,10-12,15-16,23,25-26,28-31,40H,1-2,7-9,13-14,17-22H2,3-4H3,(H,37,42)/t25?,26-,28-,29+,30-,31-,35+/m0/s1. The lowest BCUT2D eigenvalue weighted by molar-refractivity contribution is -0.149. The summed E-state index contributed by atoms with van der Waals surface area (Å²) in [6.07, 6.45) is 6.73. The number of fused-ring (bicyclic) bond motifs is 1. The summed E-state index contributed by atoms with van der Waals surface area (Å²) in [4.78, 5) is 58.5. The molecule has 2 N–H and O–H groups in total. The summed E-state index contributed by atoms with van der Waals surface area (Å²) in [6, 6.07) is 7.58. The smallest absolute Gasteiger partial charge is 0.306 e. The fourth-order valence-corrected chi connectivity index (χ4v) is 8.13. The largest absolute Gasteiger partial charge is 0.463 e. The number of aliphatic hydroxyl groups excluding tert-OH is 1. The number of benzene rings is 1. The molecule has 0 saturated carbocycles. The average molecular weight is 703 g/mol. The third-order valence-electron chi connectivity index (χ3n) is 9.35. The molecule has 0 aliphatic carbocycles. The van der Waals surface area contributed by atoms with Crippen molar-refractivity contribution in [2.75, 3.05) is 26.3 Å². The molecular formula is C35H48BrN3O7. The van der Waals surface area contributed by atoms with Gasteiger partial charge in [0, 0.05) is 37.0 Å². The van der Waals surface area contributed by atoms with Crippen molar-refractivity contribution in [3.8, 4) is 0 Å². The summed E-state index contributed by atoms with van der Waals surface area (Å²) >= 11 is 3.74. The zero-order chi connectivity index (χ0) is 33.4. The van der Waals surface area contributed by atoms with Gasteiger partial charge in [0.2, 0.25) is 17.7 Å². The molecule has 1 aromatic carbocycles. The summed E-state index contributed by atoms with van der Waals surface area (Å²) < 4.78 is 12.2. The highest BCUT2D eigenvalue weighted by atomic mass is 79.9. The van der Waals surface area contributed by atoms with Crippen LogP contribution in [-0.2, 0) is 28.7 Å². The van der Waals surface area contributed by atoms with Crippen LogP contribution in [0.2, 0.25) is 0 Å². The Labute approximate surface area is 280 Å². The lowest BCUT2D eigenvalue weighted by atomic mass is 9.70. The number of carbonyl (C=O) groups excluding carboxylic acids is 4. The number of likely N-dealkylation sites (tertiary alicyclic amines) is 1. The van der Waals surface area contributed by atoms with E-state index < -0.39 is 41.6 Å². The molecule has 3 amide bonds. The lowest BCUT2D eigenvalue weighted by Crippen LogP contribution is -2.58. The number of unbranched alkanes of at least 4 members (excludes halogenated alkanes) is 3. The van der Waals surface area contributed by atoms with Crippen molar-refractivity contribution < 1.29 is 33.8 Å². The van der Waals surface area contributed by atoms with E-state index in [-0.39, 0.29) is 48.2 Å². The van der Waals surface area contributed by atoms with Gasteiger partial charge in [-0.3, -0.25) is 19.2 Å². The quantitative estimate of drug-likeness (QED) is 0.102. The summed E-state index contributed by atoms with van der Waals surface area (Å²) in [5, 5.41) is 12.3. The Hall–Kier alpha value is -3.02. The topological polar surface area (TPSA) is 125 Å². The monoisotopic (exact) mass is 701 g/mol. The molecule has 3 heterocycles. The van der Waals surface area contributed by atoms with Crippen molar-refractivity contribution in [3.63, 3.8) is 0 Å². The Bertz CT molecular complexity index is 1260. The van der Waals surface area contributed by atoms with Gasteiger partial charge in [-0.2, -0.15) is 0 Å². The Morgan fingerprint density at radius 2 is 1.89 bits per heavy atom. The maximum absolute atomic E-state index is 14.4. The van der Waals surface area contributed by atoms with Gasteiger partial charge in [-0.15, -0.1) is 13.2 Å². The second kappa shape index (κ2) is 16.2. The number of esters is 1. The van der Waals surface area contributed by atoms with Gasteiger partial charge in [0.05, 0.1) is 24.0 Å². The van der Waals surface area contributed by atoms with Crippen LogP contribution in [0, 0.1) is 11.8 Å². The number of allylic oxidation sites excluding steroid dienone is 1. The van der Waals surface area contributed by atoms with Crippen molar-refractivity contribution in [1.29, 1.82) is 0 Å². The molecule has 11 heteroatoms. The van der Waals surface area contributed by atoms with Gasteiger partial charge < -0.3 is 29.7 Å². The van der Waals surface area contributed by atoms with Crippen LogP contribution in [0.3, 0.4) is 0 Å². The van der Waals surface area contributed by atoms with E-state index in [1.807, 2.05) is 44.2 Å². The van der Waals surface area contributed by atoms with E-state index in [2.05, 4.69) is 34.4 Å². The molecular weight excluding hydrogens is 654 g/mol.